The average Bonchev–Trinajstić information content (AvgIpc) is 3.23. The zero-order valence-electron chi connectivity index (χ0n) is 14.7. The SMILES string of the molecule is O=C1OC(CNc2nn[nH]n2)CN1c1cc(F)c(N2CCNOCC2)c(F)c1. The lowest BCUT2D eigenvalue weighted by molar-refractivity contribution is 0.0589. The van der Waals surface area contributed by atoms with Crippen LogP contribution in [0.2, 0.25) is 0 Å². The molecular weight excluding hydrogens is 378 g/mol. The van der Waals surface area contributed by atoms with Crippen LogP contribution in [0.5, 0.6) is 0 Å². The standard InChI is InChI=1S/C15H18F2N8O3/c16-11-5-9(6-12(17)13(11)24-2-1-19-27-4-3-24)25-8-10(28-15(25)26)7-18-14-20-22-23-21-14/h5-6,10,19H,1-4,7-8H2,(H2,18,20,21,22,23). The molecule has 0 saturated carbocycles. The minimum Gasteiger partial charge on any atom is -0.442 e. The topological polar surface area (TPSA) is 121 Å². The molecule has 1 atom stereocenters. The Morgan fingerprint density at radius 2 is 2.11 bits per heavy atom. The second-order valence-corrected chi connectivity index (χ2v) is 6.22. The van der Waals surface area contributed by atoms with Crippen LogP contribution in [0.4, 0.5) is 30.9 Å². The second kappa shape index (κ2) is 7.90. The van der Waals surface area contributed by atoms with E-state index in [4.69, 9.17) is 9.57 Å². The lowest BCUT2D eigenvalue weighted by Crippen LogP contribution is -2.31. The molecule has 2 aliphatic rings. The predicted molar refractivity (Wildman–Crippen MR) is 92.8 cm³/mol. The zero-order chi connectivity index (χ0) is 19.5. The number of nitrogens with one attached hydrogen (secondary N) is 3. The summed E-state index contributed by atoms with van der Waals surface area (Å²) in [4.78, 5) is 20.0. The number of amides is 1. The van der Waals surface area contributed by atoms with Gasteiger partial charge in [-0.05, 0) is 5.21 Å². The predicted octanol–water partition coefficient (Wildman–Crippen LogP) is 0.256. The lowest BCUT2D eigenvalue weighted by Gasteiger charge is -2.24. The van der Waals surface area contributed by atoms with E-state index >= 15 is 0 Å². The summed E-state index contributed by atoms with van der Waals surface area (Å²) >= 11 is 0. The van der Waals surface area contributed by atoms with Crippen molar-refractivity contribution in [1.29, 1.82) is 0 Å². The Labute approximate surface area is 157 Å². The molecule has 3 heterocycles. The summed E-state index contributed by atoms with van der Waals surface area (Å²) in [5.74, 6) is -1.25. The number of hydrogen-bond acceptors (Lipinski definition) is 9. The number of benzene rings is 1. The number of H-pyrrole nitrogens is 1. The number of tetrazole rings is 1. The van der Waals surface area contributed by atoms with Crippen molar-refractivity contribution in [2.75, 3.05) is 54.4 Å². The Morgan fingerprint density at radius 1 is 1.29 bits per heavy atom. The number of aromatic nitrogens is 4. The first kappa shape index (κ1) is 18.3. The number of anilines is 3. The van der Waals surface area contributed by atoms with Crippen molar-refractivity contribution in [1.82, 2.24) is 26.1 Å². The van der Waals surface area contributed by atoms with E-state index in [1.807, 2.05) is 0 Å². The summed E-state index contributed by atoms with van der Waals surface area (Å²) in [6, 6.07) is 2.27. The molecule has 0 bridgehead atoms. The van der Waals surface area contributed by atoms with Gasteiger partial charge in [-0.15, -0.1) is 5.10 Å². The van der Waals surface area contributed by atoms with Crippen LogP contribution in [0.25, 0.3) is 0 Å². The van der Waals surface area contributed by atoms with Gasteiger partial charge in [0.2, 0.25) is 0 Å². The Bertz CT molecular complexity index is 806. The molecule has 2 aromatic rings. The van der Waals surface area contributed by atoms with E-state index in [-0.39, 0.29) is 30.4 Å². The number of hydroxylamine groups is 1. The molecule has 1 unspecified atom stereocenters. The lowest BCUT2D eigenvalue weighted by atomic mass is 10.2. The van der Waals surface area contributed by atoms with Gasteiger partial charge >= 0.3 is 6.09 Å². The van der Waals surface area contributed by atoms with Gasteiger partial charge in [-0.3, -0.25) is 9.74 Å². The normalized spacial score (nSPS) is 20.2. The summed E-state index contributed by atoms with van der Waals surface area (Å²) < 4.78 is 34.6. The monoisotopic (exact) mass is 396 g/mol. The molecular formula is C15H18F2N8O3. The van der Waals surface area contributed by atoms with Gasteiger partial charge in [0.1, 0.15) is 11.8 Å². The fourth-order valence-corrected chi connectivity index (χ4v) is 3.11. The summed E-state index contributed by atoms with van der Waals surface area (Å²) in [7, 11) is 0. The first-order valence-corrected chi connectivity index (χ1v) is 8.66. The summed E-state index contributed by atoms with van der Waals surface area (Å²) in [5, 5.41) is 16.0. The average molecular weight is 396 g/mol. The molecule has 150 valence electrons. The molecule has 3 N–H and O–H groups in total. The number of ether oxygens (including phenoxy) is 1. The van der Waals surface area contributed by atoms with E-state index in [0.717, 1.165) is 12.1 Å². The van der Waals surface area contributed by atoms with E-state index in [2.05, 4.69) is 31.4 Å². The molecule has 4 rings (SSSR count). The highest BCUT2D eigenvalue weighted by molar-refractivity contribution is 5.90. The van der Waals surface area contributed by atoms with Crippen LogP contribution in [-0.2, 0) is 9.57 Å². The van der Waals surface area contributed by atoms with Gasteiger partial charge in [0, 0.05) is 31.8 Å². The maximum absolute atomic E-state index is 14.7. The van der Waals surface area contributed by atoms with Gasteiger partial charge in [0.05, 0.1) is 25.4 Å². The molecule has 0 radical (unpaired) electrons. The van der Waals surface area contributed by atoms with Crippen LogP contribution in [0.1, 0.15) is 0 Å². The number of rotatable bonds is 5. The second-order valence-electron chi connectivity index (χ2n) is 6.22. The molecule has 1 aromatic carbocycles. The molecule has 0 aliphatic carbocycles. The van der Waals surface area contributed by atoms with Crippen molar-refractivity contribution >= 4 is 23.4 Å². The third kappa shape index (κ3) is 3.80. The van der Waals surface area contributed by atoms with Crippen molar-refractivity contribution in [2.24, 2.45) is 0 Å². The summed E-state index contributed by atoms with van der Waals surface area (Å²) in [6.45, 7) is 1.83. The van der Waals surface area contributed by atoms with Gasteiger partial charge < -0.3 is 15.0 Å². The maximum atomic E-state index is 14.7. The highest BCUT2D eigenvalue weighted by Gasteiger charge is 2.33. The number of cyclic esters (lactones) is 1. The number of hydrogen-bond donors (Lipinski definition) is 3. The first-order valence-electron chi connectivity index (χ1n) is 8.66. The number of carbonyl (C=O) groups is 1. The molecule has 13 heteroatoms. The quantitative estimate of drug-likeness (QED) is 0.653. The molecule has 11 nitrogen and oxygen atoms in total. The fraction of sp³-hybridized carbons (Fsp3) is 0.467. The molecule has 1 amide bonds. The minimum atomic E-state index is -0.752. The van der Waals surface area contributed by atoms with E-state index in [9.17, 15) is 13.6 Å². The van der Waals surface area contributed by atoms with Crippen molar-refractivity contribution in [3.05, 3.63) is 23.8 Å². The van der Waals surface area contributed by atoms with Crippen LogP contribution >= 0.6 is 0 Å². The zero-order valence-corrected chi connectivity index (χ0v) is 14.7. The van der Waals surface area contributed by atoms with E-state index in [1.54, 1.807) is 4.90 Å². The molecule has 0 spiro atoms. The smallest absolute Gasteiger partial charge is 0.414 e. The highest BCUT2D eigenvalue weighted by atomic mass is 19.1. The van der Waals surface area contributed by atoms with Crippen LogP contribution < -0.4 is 20.6 Å². The fourth-order valence-electron chi connectivity index (χ4n) is 3.11. The van der Waals surface area contributed by atoms with Crippen LogP contribution in [0.3, 0.4) is 0 Å². The number of aromatic amines is 1. The van der Waals surface area contributed by atoms with Crippen molar-refractivity contribution in [2.45, 2.75) is 6.10 Å². The molecule has 2 fully saturated rings. The Hall–Kier alpha value is -3.06. The Morgan fingerprint density at radius 3 is 2.86 bits per heavy atom. The summed E-state index contributed by atoms with van der Waals surface area (Å²) in [6.07, 6.45) is -1.22. The number of carbonyl (C=O) groups excluding carboxylic acids is 1. The molecule has 1 aromatic heterocycles. The van der Waals surface area contributed by atoms with Crippen LogP contribution in [0.15, 0.2) is 12.1 Å². The maximum Gasteiger partial charge on any atom is 0.414 e. The van der Waals surface area contributed by atoms with Crippen molar-refractivity contribution in [3.63, 3.8) is 0 Å². The highest BCUT2D eigenvalue weighted by Crippen LogP contribution is 2.31. The van der Waals surface area contributed by atoms with Gasteiger partial charge in [-0.1, -0.05) is 5.10 Å². The van der Waals surface area contributed by atoms with E-state index < -0.39 is 23.8 Å². The van der Waals surface area contributed by atoms with Gasteiger partial charge in [-0.2, -0.15) is 5.21 Å². The Balaban J connectivity index is 1.47. The van der Waals surface area contributed by atoms with Gasteiger partial charge in [0.15, 0.2) is 11.6 Å². The minimum absolute atomic E-state index is 0.0926. The number of nitrogens with zero attached hydrogens (tertiary/aromatic N) is 5. The number of halogens is 2. The van der Waals surface area contributed by atoms with Crippen LogP contribution in [0, 0.1) is 11.6 Å². The van der Waals surface area contributed by atoms with Crippen LogP contribution in [-0.4, -0.2) is 72.2 Å². The van der Waals surface area contributed by atoms with Gasteiger partial charge in [0.25, 0.3) is 5.95 Å². The Kier molecular flexibility index (Phi) is 5.16. The molecule has 2 aliphatic heterocycles. The van der Waals surface area contributed by atoms with E-state index in [0.29, 0.717) is 26.2 Å². The summed E-state index contributed by atoms with van der Waals surface area (Å²) in [5.41, 5.74) is 2.65. The van der Waals surface area contributed by atoms with Crippen molar-refractivity contribution in [3.8, 4) is 0 Å². The third-order valence-corrected chi connectivity index (χ3v) is 4.39. The van der Waals surface area contributed by atoms with E-state index in [1.165, 1.54) is 4.90 Å². The van der Waals surface area contributed by atoms with Gasteiger partial charge in [-0.25, -0.2) is 19.1 Å². The third-order valence-electron chi connectivity index (χ3n) is 4.39. The molecule has 28 heavy (non-hydrogen) atoms. The molecule has 2 saturated heterocycles. The van der Waals surface area contributed by atoms with Crippen molar-refractivity contribution < 1.29 is 23.1 Å². The largest absolute Gasteiger partial charge is 0.442 e. The first-order chi connectivity index (χ1) is 13.6.